The maximum Gasteiger partial charge on any atom is 0.238 e. The molecule has 0 saturated carbocycles. The molecule has 2 aromatic rings. The van der Waals surface area contributed by atoms with Crippen LogP contribution in [0.15, 0.2) is 41.3 Å². The monoisotopic (exact) mass is 317 g/mol. The molecule has 1 amide bonds. The molecule has 4 heteroatoms. The van der Waals surface area contributed by atoms with E-state index in [0.29, 0.717) is 5.02 Å². The number of carbonyl (C=O) groups excluding carboxylic acids is 1. The van der Waals surface area contributed by atoms with Gasteiger partial charge in [0.1, 0.15) is 0 Å². The Balaban J connectivity index is 1.73. The van der Waals surface area contributed by atoms with Gasteiger partial charge in [-0.2, -0.15) is 0 Å². The highest BCUT2D eigenvalue weighted by Crippen LogP contribution is 2.38. The van der Waals surface area contributed by atoms with Gasteiger partial charge in [-0.3, -0.25) is 4.79 Å². The van der Waals surface area contributed by atoms with Gasteiger partial charge in [0, 0.05) is 15.6 Å². The number of aryl methyl sites for hydroxylation is 2. The van der Waals surface area contributed by atoms with Crippen molar-refractivity contribution in [1.82, 2.24) is 0 Å². The van der Waals surface area contributed by atoms with Gasteiger partial charge >= 0.3 is 0 Å². The molecular formula is C17H16ClNOS. The lowest BCUT2D eigenvalue weighted by Gasteiger charge is -2.12. The first-order valence-corrected chi connectivity index (χ1v) is 8.12. The first-order chi connectivity index (χ1) is 10.0. The van der Waals surface area contributed by atoms with Crippen LogP contribution in [0.5, 0.6) is 0 Å². The summed E-state index contributed by atoms with van der Waals surface area (Å²) in [5.74, 6) is 0.0549. The molecule has 0 spiro atoms. The Morgan fingerprint density at radius 3 is 2.81 bits per heavy atom. The van der Waals surface area contributed by atoms with E-state index < -0.39 is 0 Å². The van der Waals surface area contributed by atoms with Gasteiger partial charge in [-0.25, -0.2) is 0 Å². The molecule has 0 radical (unpaired) electrons. The van der Waals surface area contributed by atoms with Gasteiger partial charge in [-0.1, -0.05) is 29.3 Å². The molecule has 0 fully saturated rings. The van der Waals surface area contributed by atoms with Crippen LogP contribution in [-0.2, 0) is 11.2 Å². The van der Waals surface area contributed by atoms with Crippen LogP contribution in [0, 0.1) is 13.8 Å². The fourth-order valence-corrected chi connectivity index (χ4v) is 3.98. The van der Waals surface area contributed by atoms with E-state index in [1.807, 2.05) is 19.1 Å². The molecule has 3 rings (SSSR count). The van der Waals surface area contributed by atoms with E-state index in [0.717, 1.165) is 17.7 Å². The molecule has 1 N–H and O–H groups in total. The van der Waals surface area contributed by atoms with Crippen LogP contribution in [0.1, 0.15) is 16.7 Å². The minimum Gasteiger partial charge on any atom is -0.325 e. The number of anilines is 1. The van der Waals surface area contributed by atoms with Crippen LogP contribution in [0.2, 0.25) is 5.02 Å². The Hall–Kier alpha value is -1.45. The van der Waals surface area contributed by atoms with Gasteiger partial charge in [-0.15, -0.1) is 11.8 Å². The highest BCUT2D eigenvalue weighted by atomic mass is 35.5. The molecule has 1 aliphatic heterocycles. The second-order valence-corrected chi connectivity index (χ2v) is 7.05. The highest BCUT2D eigenvalue weighted by molar-refractivity contribution is 8.01. The molecule has 1 heterocycles. The third-order valence-corrected chi connectivity index (χ3v) is 5.17. The maximum absolute atomic E-state index is 12.4. The second-order valence-electron chi connectivity index (χ2n) is 5.37. The molecule has 0 saturated heterocycles. The predicted molar refractivity (Wildman–Crippen MR) is 89.3 cm³/mol. The number of halogens is 1. The van der Waals surface area contributed by atoms with Crippen LogP contribution in [0.3, 0.4) is 0 Å². The van der Waals surface area contributed by atoms with E-state index in [9.17, 15) is 4.79 Å². The van der Waals surface area contributed by atoms with Crippen molar-refractivity contribution in [2.24, 2.45) is 0 Å². The molecule has 0 aromatic heterocycles. The fraction of sp³-hybridized carbons (Fsp3) is 0.235. The van der Waals surface area contributed by atoms with Crippen molar-refractivity contribution in [3.8, 4) is 0 Å². The standard InChI is InChI=1S/C17H16ClNOS/c1-10-3-4-12-9-16(21-15(12)7-10)17(20)19-14-6-5-13(18)8-11(14)2/h3-8,16H,9H2,1-2H3,(H,19,20). The zero-order valence-electron chi connectivity index (χ0n) is 11.9. The number of nitrogens with one attached hydrogen (secondary N) is 1. The zero-order chi connectivity index (χ0) is 15.0. The van der Waals surface area contributed by atoms with E-state index in [2.05, 4.69) is 30.4 Å². The van der Waals surface area contributed by atoms with Gasteiger partial charge in [0.25, 0.3) is 0 Å². The Bertz CT molecular complexity index is 714. The van der Waals surface area contributed by atoms with Crippen LogP contribution < -0.4 is 5.32 Å². The summed E-state index contributed by atoms with van der Waals surface area (Å²) in [6.07, 6.45) is 0.790. The average Bonchev–Trinajstić information content (AvgIpc) is 2.85. The minimum atomic E-state index is -0.0584. The summed E-state index contributed by atoms with van der Waals surface area (Å²) in [4.78, 5) is 13.7. The second kappa shape index (κ2) is 5.74. The van der Waals surface area contributed by atoms with Crippen LogP contribution in [-0.4, -0.2) is 11.2 Å². The number of rotatable bonds is 2. The first kappa shape index (κ1) is 14.5. The number of hydrogen-bond donors (Lipinski definition) is 1. The lowest BCUT2D eigenvalue weighted by atomic mass is 10.1. The quantitative estimate of drug-likeness (QED) is 0.876. The molecule has 0 bridgehead atoms. The van der Waals surface area contributed by atoms with E-state index in [-0.39, 0.29) is 11.2 Å². The van der Waals surface area contributed by atoms with Crippen LogP contribution in [0.4, 0.5) is 5.69 Å². The summed E-state index contributed by atoms with van der Waals surface area (Å²) in [5, 5.41) is 3.64. The fourth-order valence-electron chi connectivity index (χ4n) is 2.46. The first-order valence-electron chi connectivity index (χ1n) is 6.86. The number of amides is 1. The van der Waals surface area contributed by atoms with Crippen molar-refractivity contribution in [3.05, 3.63) is 58.1 Å². The molecular weight excluding hydrogens is 302 g/mol. The Morgan fingerprint density at radius 2 is 2.05 bits per heavy atom. The minimum absolute atomic E-state index is 0.0549. The van der Waals surface area contributed by atoms with Crippen molar-refractivity contribution in [1.29, 1.82) is 0 Å². The van der Waals surface area contributed by atoms with Gasteiger partial charge in [0.2, 0.25) is 5.91 Å². The van der Waals surface area contributed by atoms with Crippen LogP contribution >= 0.6 is 23.4 Å². The predicted octanol–water partition coefficient (Wildman–Crippen LogP) is 4.61. The number of thioether (sulfide) groups is 1. The lowest BCUT2D eigenvalue weighted by Crippen LogP contribution is -2.25. The van der Waals surface area contributed by atoms with Crippen molar-refractivity contribution in [2.45, 2.75) is 30.4 Å². The highest BCUT2D eigenvalue weighted by Gasteiger charge is 2.28. The third-order valence-electron chi connectivity index (χ3n) is 3.64. The van der Waals surface area contributed by atoms with Gasteiger partial charge in [-0.05, 0) is 55.7 Å². The van der Waals surface area contributed by atoms with Gasteiger partial charge in [0.15, 0.2) is 0 Å². The van der Waals surface area contributed by atoms with Crippen LogP contribution in [0.25, 0.3) is 0 Å². The van der Waals surface area contributed by atoms with Crippen molar-refractivity contribution >= 4 is 35.0 Å². The van der Waals surface area contributed by atoms with E-state index in [1.165, 1.54) is 16.0 Å². The number of benzene rings is 2. The normalized spacial score (nSPS) is 16.6. The third kappa shape index (κ3) is 3.09. The molecule has 21 heavy (non-hydrogen) atoms. The molecule has 2 aromatic carbocycles. The largest absolute Gasteiger partial charge is 0.325 e. The topological polar surface area (TPSA) is 29.1 Å². The summed E-state index contributed by atoms with van der Waals surface area (Å²) in [6.45, 7) is 4.02. The maximum atomic E-state index is 12.4. The molecule has 108 valence electrons. The number of fused-ring (bicyclic) bond motifs is 1. The van der Waals surface area contributed by atoms with E-state index in [1.54, 1.807) is 17.8 Å². The molecule has 1 atom stereocenters. The summed E-state index contributed by atoms with van der Waals surface area (Å²) in [7, 11) is 0. The summed E-state index contributed by atoms with van der Waals surface area (Å²) in [6, 6.07) is 11.9. The van der Waals surface area contributed by atoms with E-state index >= 15 is 0 Å². The van der Waals surface area contributed by atoms with E-state index in [4.69, 9.17) is 11.6 Å². The Kier molecular flexibility index (Phi) is 3.96. The van der Waals surface area contributed by atoms with Crippen molar-refractivity contribution < 1.29 is 4.79 Å². The lowest BCUT2D eigenvalue weighted by molar-refractivity contribution is -0.115. The molecule has 1 unspecified atom stereocenters. The van der Waals surface area contributed by atoms with Crippen molar-refractivity contribution in [3.63, 3.8) is 0 Å². The summed E-state index contributed by atoms with van der Waals surface area (Å²) < 4.78 is 0. The Morgan fingerprint density at radius 1 is 1.24 bits per heavy atom. The van der Waals surface area contributed by atoms with Gasteiger partial charge < -0.3 is 5.32 Å². The summed E-state index contributed by atoms with van der Waals surface area (Å²) >= 11 is 7.59. The zero-order valence-corrected chi connectivity index (χ0v) is 13.5. The summed E-state index contributed by atoms with van der Waals surface area (Å²) in [5.41, 5.74) is 4.30. The molecule has 1 aliphatic rings. The number of hydrogen-bond acceptors (Lipinski definition) is 2. The number of carbonyl (C=O) groups is 1. The smallest absolute Gasteiger partial charge is 0.238 e. The SMILES string of the molecule is Cc1ccc2c(c1)SC(C(=O)Nc1ccc(Cl)cc1C)C2. The van der Waals surface area contributed by atoms with Gasteiger partial charge in [0.05, 0.1) is 5.25 Å². The molecule has 2 nitrogen and oxygen atoms in total. The Labute approximate surface area is 133 Å². The molecule has 0 aliphatic carbocycles. The average molecular weight is 318 g/mol. The van der Waals surface area contributed by atoms with Crippen molar-refractivity contribution in [2.75, 3.05) is 5.32 Å².